The lowest BCUT2D eigenvalue weighted by molar-refractivity contribution is -0.121. The van der Waals surface area contributed by atoms with Gasteiger partial charge in [-0.15, -0.1) is 0 Å². The molecule has 0 bridgehead atoms. The van der Waals surface area contributed by atoms with Crippen LogP contribution in [-0.2, 0) is 4.79 Å². The first-order valence-corrected chi connectivity index (χ1v) is 7.63. The number of amides is 1. The second-order valence-electron chi connectivity index (χ2n) is 5.61. The molecule has 1 fully saturated rings. The lowest BCUT2D eigenvalue weighted by atomic mass is 10.1. The smallest absolute Gasteiger partial charge is 0.220 e. The summed E-state index contributed by atoms with van der Waals surface area (Å²) >= 11 is 0. The monoisotopic (exact) mass is 289 g/mol. The molecule has 0 heterocycles. The summed E-state index contributed by atoms with van der Waals surface area (Å²) in [5.41, 5.74) is 0.624. The van der Waals surface area contributed by atoms with E-state index in [2.05, 4.69) is 5.32 Å². The van der Waals surface area contributed by atoms with E-state index in [0.717, 1.165) is 12.3 Å². The molecule has 0 aliphatic heterocycles. The van der Waals surface area contributed by atoms with Crippen LogP contribution < -0.4 is 10.1 Å². The summed E-state index contributed by atoms with van der Waals surface area (Å²) in [4.78, 5) is 23.7. The molecule has 1 aliphatic rings. The van der Waals surface area contributed by atoms with E-state index >= 15 is 0 Å². The Bertz CT molecular complexity index is 475. The van der Waals surface area contributed by atoms with Crippen molar-refractivity contribution in [3.63, 3.8) is 0 Å². The van der Waals surface area contributed by atoms with Gasteiger partial charge in [-0.3, -0.25) is 9.59 Å². The van der Waals surface area contributed by atoms with Crippen LogP contribution in [0.25, 0.3) is 0 Å². The normalized spacial score (nSPS) is 14.9. The molecule has 0 spiro atoms. The van der Waals surface area contributed by atoms with Crippen LogP contribution in [0.2, 0.25) is 0 Å². The number of hydrogen-bond donors (Lipinski definition) is 1. The molecule has 0 atom stereocenters. The highest BCUT2D eigenvalue weighted by molar-refractivity contribution is 5.98. The molecule has 1 N–H and O–H groups in total. The van der Waals surface area contributed by atoms with Gasteiger partial charge in [0.25, 0.3) is 0 Å². The zero-order valence-corrected chi connectivity index (χ0v) is 12.6. The molecule has 1 amide bonds. The van der Waals surface area contributed by atoms with E-state index in [1.807, 2.05) is 0 Å². The fourth-order valence-electron chi connectivity index (χ4n) is 2.71. The van der Waals surface area contributed by atoms with Crippen molar-refractivity contribution in [2.75, 3.05) is 13.7 Å². The van der Waals surface area contributed by atoms with Crippen molar-refractivity contribution in [1.82, 2.24) is 5.32 Å². The van der Waals surface area contributed by atoms with Gasteiger partial charge >= 0.3 is 0 Å². The highest BCUT2D eigenvalue weighted by atomic mass is 16.5. The molecule has 2 rings (SSSR count). The Morgan fingerprint density at radius 2 is 1.81 bits per heavy atom. The Balaban J connectivity index is 1.70. The first-order chi connectivity index (χ1) is 10.2. The second-order valence-corrected chi connectivity index (χ2v) is 5.61. The standard InChI is InChI=1S/C17H23NO3/c1-21-15-8-6-14(7-9-15)16(19)10-11-17(20)18-12-13-4-2-3-5-13/h6-9,13H,2-5,10-12H2,1H3,(H,18,20). The van der Waals surface area contributed by atoms with Gasteiger partial charge < -0.3 is 10.1 Å². The van der Waals surface area contributed by atoms with Gasteiger partial charge in [-0.2, -0.15) is 0 Å². The Morgan fingerprint density at radius 3 is 2.43 bits per heavy atom. The molecule has 114 valence electrons. The van der Waals surface area contributed by atoms with Gasteiger partial charge in [0.2, 0.25) is 5.91 Å². The number of methoxy groups -OCH3 is 1. The minimum absolute atomic E-state index is 0.00586. The Hall–Kier alpha value is -1.84. The van der Waals surface area contributed by atoms with Crippen molar-refractivity contribution >= 4 is 11.7 Å². The number of rotatable bonds is 7. The van der Waals surface area contributed by atoms with Crippen molar-refractivity contribution in [3.8, 4) is 5.75 Å². The molecule has 4 heteroatoms. The molecule has 21 heavy (non-hydrogen) atoms. The predicted molar refractivity (Wildman–Crippen MR) is 81.5 cm³/mol. The Kier molecular flexibility index (Phi) is 5.78. The zero-order chi connectivity index (χ0) is 15.1. The number of hydrogen-bond acceptors (Lipinski definition) is 3. The fraction of sp³-hybridized carbons (Fsp3) is 0.529. The van der Waals surface area contributed by atoms with Crippen LogP contribution >= 0.6 is 0 Å². The van der Waals surface area contributed by atoms with Crippen molar-refractivity contribution in [2.45, 2.75) is 38.5 Å². The van der Waals surface area contributed by atoms with E-state index in [1.165, 1.54) is 25.7 Å². The maximum atomic E-state index is 12.0. The summed E-state index contributed by atoms with van der Waals surface area (Å²) in [6.07, 6.45) is 5.49. The van der Waals surface area contributed by atoms with Crippen molar-refractivity contribution in [1.29, 1.82) is 0 Å². The van der Waals surface area contributed by atoms with Gasteiger partial charge in [0, 0.05) is 24.9 Å². The number of ketones is 1. The third-order valence-corrected chi connectivity index (χ3v) is 4.05. The minimum Gasteiger partial charge on any atom is -0.497 e. The van der Waals surface area contributed by atoms with Gasteiger partial charge in [0.15, 0.2) is 5.78 Å². The fourth-order valence-corrected chi connectivity index (χ4v) is 2.71. The van der Waals surface area contributed by atoms with Crippen LogP contribution in [0.4, 0.5) is 0 Å². The van der Waals surface area contributed by atoms with Crippen LogP contribution in [0.3, 0.4) is 0 Å². The molecule has 4 nitrogen and oxygen atoms in total. The lowest BCUT2D eigenvalue weighted by Gasteiger charge is -2.10. The molecule has 0 radical (unpaired) electrons. The van der Waals surface area contributed by atoms with Crippen LogP contribution in [0.5, 0.6) is 5.75 Å². The molecule has 1 aromatic carbocycles. The molecular weight excluding hydrogens is 266 g/mol. The molecular formula is C17H23NO3. The summed E-state index contributed by atoms with van der Waals surface area (Å²) in [6, 6.07) is 6.98. The summed E-state index contributed by atoms with van der Waals surface area (Å²) in [5, 5.41) is 2.94. The number of nitrogens with one attached hydrogen (secondary N) is 1. The molecule has 0 unspecified atom stereocenters. The van der Waals surface area contributed by atoms with E-state index in [9.17, 15) is 9.59 Å². The van der Waals surface area contributed by atoms with Gasteiger partial charge in [-0.25, -0.2) is 0 Å². The lowest BCUT2D eigenvalue weighted by Crippen LogP contribution is -2.28. The largest absolute Gasteiger partial charge is 0.497 e. The van der Waals surface area contributed by atoms with Crippen LogP contribution in [0.15, 0.2) is 24.3 Å². The summed E-state index contributed by atoms with van der Waals surface area (Å²) < 4.78 is 5.05. The maximum absolute atomic E-state index is 12.0. The van der Waals surface area contributed by atoms with E-state index in [1.54, 1.807) is 31.4 Å². The van der Waals surface area contributed by atoms with Crippen LogP contribution in [-0.4, -0.2) is 25.3 Å². The van der Waals surface area contributed by atoms with Crippen LogP contribution in [0, 0.1) is 5.92 Å². The summed E-state index contributed by atoms with van der Waals surface area (Å²) in [5.74, 6) is 1.32. The number of carbonyl (C=O) groups is 2. The molecule has 1 aliphatic carbocycles. The van der Waals surface area contributed by atoms with Gasteiger partial charge in [-0.05, 0) is 43.0 Å². The van der Waals surface area contributed by atoms with Crippen LogP contribution in [0.1, 0.15) is 48.9 Å². The average molecular weight is 289 g/mol. The van der Waals surface area contributed by atoms with Gasteiger partial charge in [-0.1, -0.05) is 12.8 Å². The highest BCUT2D eigenvalue weighted by Crippen LogP contribution is 2.23. The Morgan fingerprint density at radius 1 is 1.14 bits per heavy atom. The quantitative estimate of drug-likeness (QED) is 0.785. The highest BCUT2D eigenvalue weighted by Gasteiger charge is 2.16. The third-order valence-electron chi connectivity index (χ3n) is 4.05. The van der Waals surface area contributed by atoms with Crippen molar-refractivity contribution in [3.05, 3.63) is 29.8 Å². The minimum atomic E-state index is -0.0243. The maximum Gasteiger partial charge on any atom is 0.220 e. The van der Waals surface area contributed by atoms with Gasteiger partial charge in [0.05, 0.1) is 7.11 Å². The number of benzene rings is 1. The number of Topliss-reactive ketones (excluding diaryl/α,β-unsaturated/α-hetero) is 1. The summed E-state index contributed by atoms with van der Waals surface area (Å²) in [6.45, 7) is 0.759. The van der Waals surface area contributed by atoms with E-state index in [-0.39, 0.29) is 24.5 Å². The second kappa shape index (κ2) is 7.81. The Labute approximate surface area is 125 Å². The molecule has 0 saturated heterocycles. The molecule has 0 aromatic heterocycles. The summed E-state index contributed by atoms with van der Waals surface area (Å²) in [7, 11) is 1.59. The van der Waals surface area contributed by atoms with Crippen molar-refractivity contribution < 1.29 is 14.3 Å². The SMILES string of the molecule is COc1ccc(C(=O)CCC(=O)NCC2CCCC2)cc1. The molecule has 1 saturated carbocycles. The first-order valence-electron chi connectivity index (χ1n) is 7.63. The van der Waals surface area contributed by atoms with E-state index in [0.29, 0.717) is 11.5 Å². The molecule has 1 aromatic rings. The number of ether oxygens (including phenoxy) is 1. The predicted octanol–water partition coefficient (Wildman–Crippen LogP) is 2.96. The topological polar surface area (TPSA) is 55.4 Å². The third kappa shape index (κ3) is 4.88. The van der Waals surface area contributed by atoms with E-state index < -0.39 is 0 Å². The van der Waals surface area contributed by atoms with Crippen molar-refractivity contribution in [2.24, 2.45) is 5.92 Å². The first kappa shape index (κ1) is 15.5. The average Bonchev–Trinajstić information content (AvgIpc) is 3.04. The number of carbonyl (C=O) groups excluding carboxylic acids is 2. The van der Waals surface area contributed by atoms with E-state index in [4.69, 9.17) is 4.74 Å². The zero-order valence-electron chi connectivity index (χ0n) is 12.6. The van der Waals surface area contributed by atoms with Gasteiger partial charge in [0.1, 0.15) is 5.75 Å².